The minimum Gasteiger partial charge on any atom is -0.300 e. The Morgan fingerprint density at radius 2 is 2.33 bits per heavy atom. The molecule has 0 bridgehead atoms. The fourth-order valence-electron chi connectivity index (χ4n) is 1.85. The summed E-state index contributed by atoms with van der Waals surface area (Å²) in [5, 5.41) is 6.75. The van der Waals surface area contributed by atoms with E-state index < -0.39 is 0 Å². The van der Waals surface area contributed by atoms with Gasteiger partial charge in [0.1, 0.15) is 5.84 Å². The summed E-state index contributed by atoms with van der Waals surface area (Å²) in [4.78, 5) is 16.9. The van der Waals surface area contributed by atoms with Gasteiger partial charge in [-0.2, -0.15) is 5.10 Å². The summed E-state index contributed by atoms with van der Waals surface area (Å²) in [6, 6.07) is 7.61. The molecule has 0 spiro atoms. The number of amides is 1. The lowest BCUT2D eigenvalue weighted by Gasteiger charge is -1.99. The standard InChI is InChI=1S/C14H11BrN4OS/c1-19-8-9(7-16-19)5-12-13(18-14(20)21-12)17-11-4-2-3-10(15)6-11/h2-8H,1H3,(H,17,18,20)/b12-5-. The normalized spacial score (nSPS) is 18.5. The van der Waals surface area contributed by atoms with Gasteiger partial charge in [0.15, 0.2) is 0 Å². The Bertz CT molecular complexity index is 766. The molecule has 1 aromatic heterocycles. The van der Waals surface area contributed by atoms with Crippen molar-refractivity contribution in [2.24, 2.45) is 12.0 Å². The van der Waals surface area contributed by atoms with Gasteiger partial charge < -0.3 is 5.32 Å². The summed E-state index contributed by atoms with van der Waals surface area (Å²) in [7, 11) is 1.85. The minimum atomic E-state index is -0.126. The Balaban J connectivity index is 1.96. The van der Waals surface area contributed by atoms with Crippen molar-refractivity contribution < 1.29 is 4.79 Å². The number of nitrogens with zero attached hydrogens (tertiary/aromatic N) is 3. The lowest BCUT2D eigenvalue weighted by atomic mass is 10.3. The zero-order valence-electron chi connectivity index (χ0n) is 11.1. The predicted molar refractivity (Wildman–Crippen MR) is 88.5 cm³/mol. The highest BCUT2D eigenvalue weighted by Crippen LogP contribution is 2.29. The number of aliphatic imine (C=N–C) groups is 1. The van der Waals surface area contributed by atoms with Gasteiger partial charge in [-0.1, -0.05) is 22.0 Å². The molecule has 0 aliphatic carbocycles. The van der Waals surface area contributed by atoms with Crippen LogP contribution in [0.25, 0.3) is 6.08 Å². The first kappa shape index (κ1) is 14.1. The Hall–Kier alpha value is -1.86. The molecule has 0 radical (unpaired) electrons. The number of aromatic nitrogens is 2. The topological polar surface area (TPSA) is 59.3 Å². The molecule has 1 aromatic carbocycles. The molecule has 106 valence electrons. The number of rotatable bonds is 2. The molecular weight excluding hydrogens is 352 g/mol. The molecule has 2 heterocycles. The second-order valence-corrected chi connectivity index (χ2v) is 6.34. The van der Waals surface area contributed by atoms with E-state index in [9.17, 15) is 4.79 Å². The maximum absolute atomic E-state index is 11.6. The van der Waals surface area contributed by atoms with Gasteiger partial charge in [-0.15, -0.1) is 0 Å². The van der Waals surface area contributed by atoms with E-state index in [2.05, 4.69) is 31.3 Å². The molecule has 0 atom stereocenters. The smallest absolute Gasteiger partial charge is 0.289 e. The number of halogens is 1. The Kier molecular flexibility index (Phi) is 3.94. The molecule has 2 aromatic rings. The molecule has 7 heteroatoms. The van der Waals surface area contributed by atoms with Gasteiger partial charge in [-0.25, -0.2) is 4.99 Å². The van der Waals surface area contributed by atoms with Crippen LogP contribution in [-0.2, 0) is 7.05 Å². The molecule has 0 unspecified atom stereocenters. The van der Waals surface area contributed by atoms with E-state index >= 15 is 0 Å². The van der Waals surface area contributed by atoms with Crippen molar-refractivity contribution in [2.45, 2.75) is 0 Å². The first-order valence-corrected chi connectivity index (χ1v) is 7.75. The highest BCUT2D eigenvalue weighted by molar-refractivity contribution is 9.10. The second kappa shape index (κ2) is 5.87. The van der Waals surface area contributed by atoms with Crippen molar-refractivity contribution >= 4 is 50.5 Å². The number of thioether (sulfide) groups is 1. The quantitative estimate of drug-likeness (QED) is 0.885. The summed E-state index contributed by atoms with van der Waals surface area (Å²) < 4.78 is 2.66. The van der Waals surface area contributed by atoms with Crippen LogP contribution in [0.5, 0.6) is 0 Å². The van der Waals surface area contributed by atoms with Crippen molar-refractivity contribution in [1.82, 2.24) is 15.1 Å². The van der Waals surface area contributed by atoms with Crippen molar-refractivity contribution in [3.63, 3.8) is 0 Å². The number of hydrogen-bond acceptors (Lipinski definition) is 4. The van der Waals surface area contributed by atoms with Gasteiger partial charge in [0.05, 0.1) is 16.8 Å². The Morgan fingerprint density at radius 1 is 1.48 bits per heavy atom. The molecule has 1 amide bonds. The number of hydrogen-bond donors (Lipinski definition) is 1. The number of carbonyl (C=O) groups excluding carboxylic acids is 1. The van der Waals surface area contributed by atoms with Crippen LogP contribution in [0, 0.1) is 0 Å². The predicted octanol–water partition coefficient (Wildman–Crippen LogP) is 3.71. The van der Waals surface area contributed by atoms with Crippen molar-refractivity contribution in [1.29, 1.82) is 0 Å². The third-order valence-corrected chi connectivity index (χ3v) is 4.04. The summed E-state index contributed by atoms with van der Waals surface area (Å²) in [6.07, 6.45) is 5.52. The number of nitrogens with one attached hydrogen (secondary N) is 1. The SMILES string of the molecule is Cn1cc(/C=C2\SC(=O)NC2=Nc2cccc(Br)c2)cn1. The van der Waals surface area contributed by atoms with Crippen molar-refractivity contribution in [2.75, 3.05) is 0 Å². The third kappa shape index (κ3) is 3.43. The summed E-state index contributed by atoms with van der Waals surface area (Å²) in [5.41, 5.74) is 1.71. The molecule has 5 nitrogen and oxygen atoms in total. The van der Waals surface area contributed by atoms with E-state index in [0.717, 1.165) is 32.4 Å². The molecule has 1 aliphatic rings. The first-order chi connectivity index (χ1) is 10.1. The van der Waals surface area contributed by atoms with E-state index in [4.69, 9.17) is 0 Å². The van der Waals surface area contributed by atoms with Crippen LogP contribution < -0.4 is 5.32 Å². The van der Waals surface area contributed by atoms with E-state index in [0.29, 0.717) is 5.84 Å². The van der Waals surface area contributed by atoms with E-state index in [1.807, 2.05) is 43.6 Å². The van der Waals surface area contributed by atoms with Gasteiger partial charge in [0, 0.05) is 23.3 Å². The van der Waals surface area contributed by atoms with Crippen LogP contribution >= 0.6 is 27.7 Å². The van der Waals surface area contributed by atoms with Gasteiger partial charge in [0.2, 0.25) is 0 Å². The van der Waals surface area contributed by atoms with Crippen LogP contribution in [0.3, 0.4) is 0 Å². The van der Waals surface area contributed by atoms with Crippen LogP contribution in [-0.4, -0.2) is 20.9 Å². The zero-order valence-corrected chi connectivity index (χ0v) is 13.5. The Labute approximate surface area is 134 Å². The molecular formula is C14H11BrN4OS. The number of amidine groups is 1. The largest absolute Gasteiger partial charge is 0.300 e. The second-order valence-electron chi connectivity index (χ2n) is 4.41. The number of carbonyl (C=O) groups is 1. The maximum Gasteiger partial charge on any atom is 0.289 e. The van der Waals surface area contributed by atoms with Gasteiger partial charge >= 0.3 is 0 Å². The Morgan fingerprint density at radius 3 is 3.05 bits per heavy atom. The molecule has 0 saturated carbocycles. The van der Waals surface area contributed by atoms with Gasteiger partial charge in [-0.3, -0.25) is 9.48 Å². The fourth-order valence-corrected chi connectivity index (χ4v) is 2.98. The summed E-state index contributed by atoms with van der Waals surface area (Å²) in [6.45, 7) is 0. The minimum absolute atomic E-state index is 0.126. The lowest BCUT2D eigenvalue weighted by molar-refractivity contribution is 0.265. The number of benzene rings is 1. The van der Waals surface area contributed by atoms with E-state index in [1.54, 1.807) is 10.9 Å². The lowest BCUT2D eigenvalue weighted by Crippen LogP contribution is -2.18. The monoisotopic (exact) mass is 362 g/mol. The highest BCUT2D eigenvalue weighted by Gasteiger charge is 2.23. The van der Waals surface area contributed by atoms with Crippen LogP contribution in [0.15, 0.2) is 51.0 Å². The molecule has 1 N–H and O–H groups in total. The summed E-state index contributed by atoms with van der Waals surface area (Å²) in [5.74, 6) is 0.562. The first-order valence-electron chi connectivity index (χ1n) is 6.14. The molecule has 3 rings (SSSR count). The average Bonchev–Trinajstić information content (AvgIpc) is 2.97. The molecule has 1 fully saturated rings. The molecule has 21 heavy (non-hydrogen) atoms. The van der Waals surface area contributed by atoms with Crippen molar-refractivity contribution in [3.05, 3.63) is 51.6 Å². The van der Waals surface area contributed by atoms with Crippen LogP contribution in [0.2, 0.25) is 0 Å². The zero-order chi connectivity index (χ0) is 14.8. The molecule has 1 saturated heterocycles. The fraction of sp³-hybridized carbons (Fsp3) is 0.0714. The number of aryl methyl sites for hydroxylation is 1. The third-order valence-electron chi connectivity index (χ3n) is 2.73. The maximum atomic E-state index is 11.6. The summed E-state index contributed by atoms with van der Waals surface area (Å²) >= 11 is 4.54. The average molecular weight is 363 g/mol. The van der Waals surface area contributed by atoms with Crippen LogP contribution in [0.1, 0.15) is 5.56 Å². The van der Waals surface area contributed by atoms with E-state index in [1.165, 1.54) is 0 Å². The van der Waals surface area contributed by atoms with Gasteiger partial charge in [0.25, 0.3) is 5.24 Å². The van der Waals surface area contributed by atoms with Crippen LogP contribution in [0.4, 0.5) is 10.5 Å². The van der Waals surface area contributed by atoms with E-state index in [-0.39, 0.29) is 5.24 Å². The van der Waals surface area contributed by atoms with Crippen molar-refractivity contribution in [3.8, 4) is 0 Å². The molecule has 1 aliphatic heterocycles. The van der Waals surface area contributed by atoms with Gasteiger partial charge in [-0.05, 0) is 36.0 Å². The highest BCUT2D eigenvalue weighted by atomic mass is 79.9.